The molecule has 1 fully saturated rings. The molecular formula is C22H22N4O5. The zero-order valence-corrected chi connectivity index (χ0v) is 17.1. The summed E-state index contributed by atoms with van der Waals surface area (Å²) in [5.41, 5.74) is 0.692. The molecule has 2 aromatic heterocycles. The van der Waals surface area contributed by atoms with E-state index in [2.05, 4.69) is 15.1 Å². The molecule has 1 saturated heterocycles. The van der Waals surface area contributed by atoms with Crippen LogP contribution in [-0.4, -0.2) is 60.1 Å². The van der Waals surface area contributed by atoms with Gasteiger partial charge in [0, 0.05) is 32.2 Å². The quantitative estimate of drug-likeness (QED) is 0.620. The Kier molecular flexibility index (Phi) is 5.07. The molecule has 3 aromatic rings. The number of benzene rings is 1. The van der Waals surface area contributed by atoms with Crippen molar-refractivity contribution < 1.29 is 23.4 Å². The fourth-order valence-electron chi connectivity index (χ4n) is 3.67. The lowest BCUT2D eigenvalue weighted by molar-refractivity contribution is -0.138. The minimum atomic E-state index is -0.598. The number of aromatic nitrogens is 2. The van der Waals surface area contributed by atoms with Gasteiger partial charge in [0.05, 0.1) is 6.26 Å². The molecule has 0 aliphatic carbocycles. The molecule has 4 heterocycles. The Bertz CT molecular complexity index is 1050. The standard InChI is InChI=1S/C22H22N4O5/c1-15(31-16-4-6-19-20(13-16)30-14-29-19)22(27)26-10-8-25(9-11-26)21-7-5-17(23-24-21)18-3-2-12-28-18/h2-7,12-13,15H,8-11,14H2,1H3/t15-/m0/s1. The smallest absolute Gasteiger partial charge is 0.263 e. The summed E-state index contributed by atoms with van der Waals surface area (Å²) in [6.45, 7) is 4.50. The van der Waals surface area contributed by atoms with Crippen LogP contribution in [0.25, 0.3) is 11.5 Å². The number of carbonyl (C=O) groups excluding carboxylic acids is 1. The molecule has 9 heteroatoms. The molecule has 2 aliphatic rings. The fourth-order valence-corrected chi connectivity index (χ4v) is 3.67. The summed E-state index contributed by atoms with van der Waals surface area (Å²) >= 11 is 0. The van der Waals surface area contributed by atoms with E-state index < -0.39 is 6.10 Å². The van der Waals surface area contributed by atoms with E-state index in [-0.39, 0.29) is 12.7 Å². The van der Waals surface area contributed by atoms with Crippen molar-refractivity contribution in [2.45, 2.75) is 13.0 Å². The third-order valence-electron chi connectivity index (χ3n) is 5.34. The first-order valence-corrected chi connectivity index (χ1v) is 10.1. The molecule has 0 radical (unpaired) electrons. The van der Waals surface area contributed by atoms with Gasteiger partial charge in [-0.05, 0) is 43.3 Å². The van der Waals surface area contributed by atoms with E-state index in [0.29, 0.717) is 54.9 Å². The van der Waals surface area contributed by atoms with Crippen molar-refractivity contribution in [3.63, 3.8) is 0 Å². The van der Waals surface area contributed by atoms with E-state index in [1.807, 2.05) is 29.2 Å². The fraction of sp³-hybridized carbons (Fsp3) is 0.318. The van der Waals surface area contributed by atoms with Gasteiger partial charge in [-0.15, -0.1) is 10.2 Å². The zero-order chi connectivity index (χ0) is 21.2. The summed E-state index contributed by atoms with van der Waals surface area (Å²) in [5, 5.41) is 8.56. The molecule has 0 bridgehead atoms. The van der Waals surface area contributed by atoms with Gasteiger partial charge in [0.25, 0.3) is 5.91 Å². The number of furan rings is 1. The Morgan fingerprint density at radius 3 is 2.61 bits per heavy atom. The minimum Gasteiger partial charge on any atom is -0.481 e. The number of rotatable bonds is 5. The SMILES string of the molecule is C[C@H](Oc1ccc2c(c1)OCO2)C(=O)N1CCN(c2ccc(-c3ccco3)nn2)CC1. The lowest BCUT2D eigenvalue weighted by atomic mass is 10.2. The Balaban J connectivity index is 1.16. The second-order valence-corrected chi connectivity index (χ2v) is 7.34. The largest absolute Gasteiger partial charge is 0.481 e. The molecule has 160 valence electrons. The lowest BCUT2D eigenvalue weighted by Gasteiger charge is -2.36. The van der Waals surface area contributed by atoms with Gasteiger partial charge in [0.2, 0.25) is 6.79 Å². The van der Waals surface area contributed by atoms with E-state index in [1.54, 1.807) is 31.4 Å². The summed E-state index contributed by atoms with van der Waals surface area (Å²) in [6, 6.07) is 12.8. The van der Waals surface area contributed by atoms with Gasteiger partial charge in [-0.2, -0.15) is 0 Å². The first kappa shape index (κ1) is 19.2. The normalized spacial score (nSPS) is 16.3. The van der Waals surface area contributed by atoms with Crippen LogP contribution >= 0.6 is 0 Å². The van der Waals surface area contributed by atoms with Crippen molar-refractivity contribution in [1.29, 1.82) is 0 Å². The number of hydrogen-bond donors (Lipinski definition) is 0. The van der Waals surface area contributed by atoms with Gasteiger partial charge in [0.1, 0.15) is 11.4 Å². The highest BCUT2D eigenvalue weighted by Crippen LogP contribution is 2.35. The Morgan fingerprint density at radius 1 is 1.03 bits per heavy atom. The van der Waals surface area contributed by atoms with Crippen LogP contribution in [0.5, 0.6) is 17.2 Å². The predicted octanol–water partition coefficient (Wildman–Crippen LogP) is 2.58. The summed E-state index contributed by atoms with van der Waals surface area (Å²) in [7, 11) is 0. The average Bonchev–Trinajstić information content (AvgIpc) is 3.51. The predicted molar refractivity (Wildman–Crippen MR) is 111 cm³/mol. The van der Waals surface area contributed by atoms with Crippen LogP contribution in [0.4, 0.5) is 5.82 Å². The first-order chi connectivity index (χ1) is 15.2. The van der Waals surface area contributed by atoms with Gasteiger partial charge in [-0.3, -0.25) is 4.79 Å². The van der Waals surface area contributed by atoms with Crippen molar-refractivity contribution in [2.24, 2.45) is 0 Å². The topological polar surface area (TPSA) is 90.2 Å². The second kappa shape index (κ2) is 8.17. The highest BCUT2D eigenvalue weighted by atomic mass is 16.7. The molecule has 1 aromatic carbocycles. The number of ether oxygens (including phenoxy) is 3. The Labute approximate surface area is 179 Å². The third-order valence-corrected chi connectivity index (χ3v) is 5.34. The number of piperazine rings is 1. The monoisotopic (exact) mass is 422 g/mol. The van der Waals surface area contributed by atoms with Crippen LogP contribution in [0.1, 0.15) is 6.92 Å². The van der Waals surface area contributed by atoms with Crippen molar-refractivity contribution in [2.75, 3.05) is 37.9 Å². The third kappa shape index (κ3) is 3.98. The van der Waals surface area contributed by atoms with Crippen molar-refractivity contribution in [3.8, 4) is 28.7 Å². The van der Waals surface area contributed by atoms with Gasteiger partial charge in [0.15, 0.2) is 29.2 Å². The average molecular weight is 422 g/mol. The van der Waals surface area contributed by atoms with E-state index >= 15 is 0 Å². The van der Waals surface area contributed by atoms with Crippen LogP contribution in [0.3, 0.4) is 0 Å². The van der Waals surface area contributed by atoms with Gasteiger partial charge in [-0.25, -0.2) is 0 Å². The second-order valence-electron chi connectivity index (χ2n) is 7.34. The van der Waals surface area contributed by atoms with E-state index in [9.17, 15) is 4.79 Å². The molecule has 1 amide bonds. The summed E-state index contributed by atoms with van der Waals surface area (Å²) in [5.74, 6) is 3.32. The molecule has 0 saturated carbocycles. The molecule has 2 aliphatic heterocycles. The lowest BCUT2D eigenvalue weighted by Crippen LogP contribution is -2.52. The maximum Gasteiger partial charge on any atom is 0.263 e. The number of carbonyl (C=O) groups is 1. The molecule has 31 heavy (non-hydrogen) atoms. The van der Waals surface area contributed by atoms with Crippen molar-refractivity contribution in [3.05, 3.63) is 48.7 Å². The number of hydrogen-bond acceptors (Lipinski definition) is 8. The summed E-state index contributed by atoms with van der Waals surface area (Å²) in [4.78, 5) is 16.8. The van der Waals surface area contributed by atoms with E-state index in [4.69, 9.17) is 18.6 Å². The summed E-state index contributed by atoms with van der Waals surface area (Å²) in [6.07, 6.45) is 1.01. The van der Waals surface area contributed by atoms with Crippen molar-refractivity contribution >= 4 is 11.7 Å². The number of anilines is 1. The molecule has 9 nitrogen and oxygen atoms in total. The highest BCUT2D eigenvalue weighted by Gasteiger charge is 2.27. The number of nitrogens with zero attached hydrogens (tertiary/aromatic N) is 4. The molecular weight excluding hydrogens is 400 g/mol. The van der Waals surface area contributed by atoms with Crippen LogP contribution in [0, 0.1) is 0 Å². The van der Waals surface area contributed by atoms with E-state index in [0.717, 1.165) is 5.82 Å². The summed E-state index contributed by atoms with van der Waals surface area (Å²) < 4.78 is 21.9. The molecule has 5 rings (SSSR count). The van der Waals surface area contributed by atoms with Crippen LogP contribution in [0.2, 0.25) is 0 Å². The Hall–Kier alpha value is -3.75. The number of fused-ring (bicyclic) bond motifs is 1. The van der Waals surface area contributed by atoms with E-state index in [1.165, 1.54) is 0 Å². The molecule has 0 spiro atoms. The maximum absolute atomic E-state index is 12.8. The molecule has 0 N–H and O–H groups in total. The van der Waals surface area contributed by atoms with Crippen LogP contribution in [-0.2, 0) is 4.79 Å². The molecule has 0 unspecified atom stereocenters. The highest BCUT2D eigenvalue weighted by molar-refractivity contribution is 5.81. The Morgan fingerprint density at radius 2 is 1.87 bits per heavy atom. The van der Waals surface area contributed by atoms with Crippen LogP contribution < -0.4 is 19.1 Å². The van der Waals surface area contributed by atoms with Crippen LogP contribution in [0.15, 0.2) is 53.1 Å². The van der Waals surface area contributed by atoms with Gasteiger partial charge in [-0.1, -0.05) is 0 Å². The van der Waals surface area contributed by atoms with Crippen molar-refractivity contribution in [1.82, 2.24) is 15.1 Å². The molecule has 1 atom stereocenters. The van der Waals surface area contributed by atoms with Gasteiger partial charge < -0.3 is 28.4 Å². The number of amides is 1. The zero-order valence-electron chi connectivity index (χ0n) is 17.1. The minimum absolute atomic E-state index is 0.0448. The maximum atomic E-state index is 12.8. The first-order valence-electron chi connectivity index (χ1n) is 10.1. The van der Waals surface area contributed by atoms with Gasteiger partial charge >= 0.3 is 0 Å².